The van der Waals surface area contributed by atoms with Crippen LogP contribution < -0.4 is 5.32 Å². The molecule has 1 rings (SSSR count). The van der Waals surface area contributed by atoms with Crippen molar-refractivity contribution in [2.75, 3.05) is 32.1 Å². The summed E-state index contributed by atoms with van der Waals surface area (Å²) in [5.41, 5.74) is -0.714. The fraction of sp³-hybridized carbons (Fsp3) is 0.643. The molecule has 0 unspecified atom stereocenters. The molecule has 0 aliphatic carbocycles. The number of hydrogen-bond acceptors (Lipinski definition) is 4. The van der Waals surface area contributed by atoms with Crippen molar-refractivity contribution >= 4 is 11.8 Å². The SMILES string of the molecule is CCCCOCCNCCSc1ccc(C(F)(F)F)cn1. The zero-order chi connectivity index (χ0) is 15.6. The first-order valence-corrected chi connectivity index (χ1v) is 7.97. The van der Waals surface area contributed by atoms with E-state index in [-0.39, 0.29) is 0 Å². The Hall–Kier alpha value is -0.790. The Morgan fingerprint density at radius 2 is 2.05 bits per heavy atom. The van der Waals surface area contributed by atoms with Gasteiger partial charge >= 0.3 is 6.18 Å². The standard InChI is InChI=1S/C14H21F3N2OS/c1-2-3-8-20-9-6-18-7-10-21-13-5-4-12(11-19-13)14(15,16)17/h4-5,11,18H,2-3,6-10H2,1H3. The van der Waals surface area contributed by atoms with Gasteiger partial charge in [-0.15, -0.1) is 11.8 Å². The average molecular weight is 322 g/mol. The molecular weight excluding hydrogens is 301 g/mol. The molecule has 0 radical (unpaired) electrons. The van der Waals surface area contributed by atoms with E-state index in [2.05, 4.69) is 17.2 Å². The fourth-order valence-electron chi connectivity index (χ4n) is 1.48. The minimum Gasteiger partial charge on any atom is -0.380 e. The topological polar surface area (TPSA) is 34.1 Å². The molecule has 3 nitrogen and oxygen atoms in total. The van der Waals surface area contributed by atoms with Gasteiger partial charge in [0.15, 0.2) is 0 Å². The number of nitrogens with one attached hydrogen (secondary N) is 1. The van der Waals surface area contributed by atoms with Crippen LogP contribution in [0.3, 0.4) is 0 Å². The van der Waals surface area contributed by atoms with Gasteiger partial charge in [-0.2, -0.15) is 13.2 Å². The molecular formula is C14H21F3N2OS. The van der Waals surface area contributed by atoms with Crippen LogP contribution in [0.5, 0.6) is 0 Å². The molecule has 0 aromatic carbocycles. The molecule has 0 spiro atoms. The van der Waals surface area contributed by atoms with Crippen LogP contribution in [-0.4, -0.2) is 37.0 Å². The summed E-state index contributed by atoms with van der Waals surface area (Å²) in [5, 5.41) is 3.82. The van der Waals surface area contributed by atoms with Crippen molar-refractivity contribution < 1.29 is 17.9 Å². The predicted molar refractivity (Wildman–Crippen MR) is 78.6 cm³/mol. The molecule has 0 saturated carbocycles. The molecule has 0 aliphatic heterocycles. The number of alkyl halides is 3. The molecule has 0 aliphatic rings. The van der Waals surface area contributed by atoms with E-state index in [9.17, 15) is 13.2 Å². The molecule has 7 heteroatoms. The lowest BCUT2D eigenvalue weighted by molar-refractivity contribution is -0.137. The molecule has 1 aromatic rings. The van der Waals surface area contributed by atoms with Gasteiger partial charge < -0.3 is 10.1 Å². The normalized spacial score (nSPS) is 11.8. The second kappa shape index (κ2) is 10.0. The van der Waals surface area contributed by atoms with E-state index in [0.29, 0.717) is 11.6 Å². The molecule has 0 amide bonds. The van der Waals surface area contributed by atoms with Crippen LogP contribution in [0.15, 0.2) is 23.4 Å². The Kier molecular flexibility index (Phi) is 8.72. The Labute approximate surface area is 127 Å². The second-order valence-corrected chi connectivity index (χ2v) is 5.56. The first-order valence-electron chi connectivity index (χ1n) is 6.98. The molecule has 21 heavy (non-hydrogen) atoms. The van der Waals surface area contributed by atoms with Crippen molar-refractivity contribution in [1.29, 1.82) is 0 Å². The highest BCUT2D eigenvalue weighted by atomic mass is 32.2. The fourth-order valence-corrected chi connectivity index (χ4v) is 2.23. The highest BCUT2D eigenvalue weighted by molar-refractivity contribution is 7.99. The number of thioether (sulfide) groups is 1. The van der Waals surface area contributed by atoms with Crippen molar-refractivity contribution in [3.63, 3.8) is 0 Å². The van der Waals surface area contributed by atoms with E-state index in [4.69, 9.17) is 4.74 Å². The maximum atomic E-state index is 12.4. The lowest BCUT2D eigenvalue weighted by atomic mass is 10.3. The monoisotopic (exact) mass is 322 g/mol. The number of halogens is 3. The molecule has 0 saturated heterocycles. The maximum absolute atomic E-state index is 12.4. The van der Waals surface area contributed by atoms with Gasteiger partial charge in [-0.25, -0.2) is 4.98 Å². The first kappa shape index (κ1) is 18.3. The van der Waals surface area contributed by atoms with Gasteiger partial charge in [0.25, 0.3) is 0 Å². The molecule has 0 atom stereocenters. The van der Waals surface area contributed by atoms with E-state index in [1.807, 2.05) is 0 Å². The van der Waals surface area contributed by atoms with Crippen LogP contribution >= 0.6 is 11.8 Å². The molecule has 1 aromatic heterocycles. The number of nitrogens with zero attached hydrogens (tertiary/aromatic N) is 1. The minimum absolute atomic E-state index is 0.601. The molecule has 1 N–H and O–H groups in total. The van der Waals surface area contributed by atoms with Crippen molar-refractivity contribution in [2.24, 2.45) is 0 Å². The van der Waals surface area contributed by atoms with Crippen LogP contribution in [0, 0.1) is 0 Å². The summed E-state index contributed by atoms with van der Waals surface area (Å²) in [6, 6.07) is 2.46. The van der Waals surface area contributed by atoms with Gasteiger partial charge in [-0.3, -0.25) is 0 Å². The average Bonchev–Trinajstić information content (AvgIpc) is 2.45. The Morgan fingerprint density at radius 1 is 1.24 bits per heavy atom. The summed E-state index contributed by atoms with van der Waals surface area (Å²) in [6.07, 6.45) is -1.24. The van der Waals surface area contributed by atoms with Crippen LogP contribution in [0.4, 0.5) is 13.2 Å². The van der Waals surface area contributed by atoms with Gasteiger partial charge in [0.1, 0.15) is 0 Å². The maximum Gasteiger partial charge on any atom is 0.417 e. The number of aromatic nitrogens is 1. The van der Waals surface area contributed by atoms with Crippen molar-refractivity contribution in [3.05, 3.63) is 23.9 Å². The summed E-state index contributed by atoms with van der Waals surface area (Å²) in [5.74, 6) is 0.757. The number of pyridine rings is 1. The van der Waals surface area contributed by atoms with E-state index >= 15 is 0 Å². The number of hydrogen-bond donors (Lipinski definition) is 1. The summed E-state index contributed by atoms with van der Waals surface area (Å²) < 4.78 is 42.5. The van der Waals surface area contributed by atoms with E-state index in [0.717, 1.165) is 50.6 Å². The van der Waals surface area contributed by atoms with Gasteiger partial charge in [0.2, 0.25) is 0 Å². The molecule has 0 bridgehead atoms. The Bertz CT molecular complexity index is 385. The van der Waals surface area contributed by atoms with Crippen LogP contribution in [0.2, 0.25) is 0 Å². The summed E-state index contributed by atoms with van der Waals surface area (Å²) >= 11 is 1.43. The Morgan fingerprint density at radius 3 is 2.67 bits per heavy atom. The number of unbranched alkanes of at least 4 members (excludes halogenated alkanes) is 1. The van der Waals surface area contributed by atoms with Crippen LogP contribution in [0.1, 0.15) is 25.3 Å². The predicted octanol–water partition coefficient (Wildman–Crippen LogP) is 3.60. The highest BCUT2D eigenvalue weighted by Gasteiger charge is 2.30. The van der Waals surface area contributed by atoms with E-state index in [1.54, 1.807) is 0 Å². The van der Waals surface area contributed by atoms with E-state index in [1.165, 1.54) is 17.8 Å². The minimum atomic E-state index is -4.32. The first-order chi connectivity index (χ1) is 10.0. The summed E-state index contributed by atoms with van der Waals surface area (Å²) in [6.45, 7) is 5.15. The molecule has 120 valence electrons. The lowest BCUT2D eigenvalue weighted by Gasteiger charge is -2.07. The lowest BCUT2D eigenvalue weighted by Crippen LogP contribution is -2.22. The third-order valence-electron chi connectivity index (χ3n) is 2.66. The number of rotatable bonds is 10. The van der Waals surface area contributed by atoms with Crippen molar-refractivity contribution in [2.45, 2.75) is 31.0 Å². The third-order valence-corrected chi connectivity index (χ3v) is 3.60. The van der Waals surface area contributed by atoms with Gasteiger partial charge in [0.05, 0.1) is 17.2 Å². The van der Waals surface area contributed by atoms with Crippen LogP contribution in [0.25, 0.3) is 0 Å². The Balaban J connectivity index is 2.08. The smallest absolute Gasteiger partial charge is 0.380 e. The van der Waals surface area contributed by atoms with Gasteiger partial charge in [-0.1, -0.05) is 13.3 Å². The quantitative estimate of drug-likeness (QED) is 0.527. The molecule has 1 heterocycles. The second-order valence-electron chi connectivity index (χ2n) is 4.45. The number of ether oxygens (including phenoxy) is 1. The van der Waals surface area contributed by atoms with E-state index < -0.39 is 11.7 Å². The molecule has 0 fully saturated rings. The third kappa shape index (κ3) is 8.28. The van der Waals surface area contributed by atoms with Crippen molar-refractivity contribution in [3.8, 4) is 0 Å². The van der Waals surface area contributed by atoms with Crippen LogP contribution in [-0.2, 0) is 10.9 Å². The largest absolute Gasteiger partial charge is 0.417 e. The van der Waals surface area contributed by atoms with Gasteiger partial charge in [-0.05, 0) is 18.6 Å². The van der Waals surface area contributed by atoms with Crippen molar-refractivity contribution in [1.82, 2.24) is 10.3 Å². The summed E-state index contributed by atoms with van der Waals surface area (Å²) in [4.78, 5) is 3.80. The summed E-state index contributed by atoms with van der Waals surface area (Å²) in [7, 11) is 0. The zero-order valence-corrected chi connectivity index (χ0v) is 12.9. The highest BCUT2D eigenvalue weighted by Crippen LogP contribution is 2.29. The zero-order valence-electron chi connectivity index (χ0n) is 12.1. The van der Waals surface area contributed by atoms with Gasteiger partial charge in [0, 0.05) is 31.6 Å².